The van der Waals surface area contributed by atoms with Crippen LogP contribution >= 0.6 is 11.6 Å². The number of amides is 1. The van der Waals surface area contributed by atoms with Gasteiger partial charge in [-0.25, -0.2) is 9.97 Å². The number of carbonyl (C=O) groups is 2. The molecule has 3 aromatic carbocycles. The third-order valence-corrected chi connectivity index (χ3v) is 5.63. The maximum atomic E-state index is 12.7. The first-order chi connectivity index (χ1) is 17.3. The van der Waals surface area contributed by atoms with Gasteiger partial charge in [0.15, 0.2) is 0 Å². The van der Waals surface area contributed by atoms with Crippen molar-refractivity contribution < 1.29 is 14.7 Å². The van der Waals surface area contributed by atoms with Crippen LogP contribution in [0.1, 0.15) is 41.2 Å². The van der Waals surface area contributed by atoms with E-state index in [-0.39, 0.29) is 17.5 Å². The molecule has 1 heterocycles. The number of nitrogens with one attached hydrogen (secondary N) is 1. The molecule has 1 aromatic heterocycles. The van der Waals surface area contributed by atoms with E-state index in [1.807, 2.05) is 80.6 Å². The minimum atomic E-state index is -0.998. The van der Waals surface area contributed by atoms with Gasteiger partial charge in [-0.15, -0.1) is 0 Å². The van der Waals surface area contributed by atoms with E-state index in [4.69, 9.17) is 16.7 Å². The molecule has 186 valence electrons. The maximum Gasteiger partial charge on any atom is 0.308 e. The molecule has 0 unspecified atom stereocenters. The van der Waals surface area contributed by atoms with E-state index >= 15 is 0 Å². The number of hydrogen-bond donors (Lipinski definition) is 2. The van der Waals surface area contributed by atoms with Crippen LogP contribution in [0.25, 0.3) is 10.8 Å². The fourth-order valence-corrected chi connectivity index (χ4v) is 3.91. The summed E-state index contributed by atoms with van der Waals surface area (Å²) in [7, 11) is 3.56. The van der Waals surface area contributed by atoms with E-state index < -0.39 is 5.97 Å². The second kappa shape index (κ2) is 12.1. The molecule has 0 radical (unpaired) electrons. The van der Waals surface area contributed by atoms with Gasteiger partial charge in [0.05, 0.1) is 6.42 Å². The number of halogens is 1. The number of benzene rings is 3. The Morgan fingerprint density at radius 1 is 0.944 bits per heavy atom. The first kappa shape index (κ1) is 26.6. The lowest BCUT2D eigenvalue weighted by Gasteiger charge is -2.17. The van der Waals surface area contributed by atoms with Crippen LogP contribution < -0.4 is 10.2 Å². The van der Waals surface area contributed by atoms with Crippen molar-refractivity contribution in [3.8, 4) is 0 Å². The highest BCUT2D eigenvalue weighted by molar-refractivity contribution is 6.30. The fourth-order valence-electron chi connectivity index (χ4n) is 3.66. The molecular weight excluding hydrogens is 476 g/mol. The summed E-state index contributed by atoms with van der Waals surface area (Å²) in [6.07, 6.45) is 0.158. The Bertz CT molecular complexity index is 1370. The molecule has 7 nitrogen and oxygen atoms in total. The van der Waals surface area contributed by atoms with Gasteiger partial charge in [-0.05, 0) is 40.6 Å². The Morgan fingerprint density at radius 3 is 2.25 bits per heavy atom. The smallest absolute Gasteiger partial charge is 0.308 e. The van der Waals surface area contributed by atoms with Crippen molar-refractivity contribution in [2.45, 2.75) is 26.7 Å². The van der Waals surface area contributed by atoms with Gasteiger partial charge in [-0.2, -0.15) is 0 Å². The number of carboxylic acids is 1. The molecule has 0 saturated carbocycles. The van der Waals surface area contributed by atoms with E-state index in [9.17, 15) is 9.59 Å². The Balaban J connectivity index is 0.00000176. The number of hydrogen-bond acceptors (Lipinski definition) is 5. The number of carboxylic acid groups (broad SMARTS) is 1. The average molecular weight is 505 g/mol. The SMILES string of the molecule is CC.CN(C)c1nc(Cc2ccc(NC(=O)c3ccc4ccccc4c3)cc2)nc(Cl)c1CC(=O)O. The molecule has 36 heavy (non-hydrogen) atoms. The van der Waals surface area contributed by atoms with Gasteiger partial charge in [-0.1, -0.05) is 67.9 Å². The summed E-state index contributed by atoms with van der Waals surface area (Å²) in [5.74, 6) is -0.214. The first-order valence-electron chi connectivity index (χ1n) is 11.6. The van der Waals surface area contributed by atoms with E-state index in [0.717, 1.165) is 16.3 Å². The van der Waals surface area contributed by atoms with Crippen molar-refractivity contribution in [2.75, 3.05) is 24.3 Å². The Labute approximate surface area is 215 Å². The van der Waals surface area contributed by atoms with Crippen LogP contribution in [0.5, 0.6) is 0 Å². The second-order valence-corrected chi connectivity index (χ2v) is 8.45. The minimum Gasteiger partial charge on any atom is -0.481 e. The van der Waals surface area contributed by atoms with E-state index in [1.165, 1.54) is 0 Å². The standard InChI is InChI=1S/C26H23ClN4O3.C2H6/c1-31(2)25-21(15-23(32)33)24(27)29-22(30-25)13-16-7-11-20(12-8-16)28-26(34)19-10-9-17-5-3-4-6-18(17)14-19;1-2/h3-12,14H,13,15H2,1-2H3,(H,28,34)(H,32,33);1-2H3. The Hall–Kier alpha value is -3.97. The molecule has 4 rings (SSSR count). The minimum absolute atomic E-state index is 0.135. The van der Waals surface area contributed by atoms with E-state index in [0.29, 0.717) is 34.9 Å². The van der Waals surface area contributed by atoms with Crippen LogP contribution in [0.3, 0.4) is 0 Å². The molecule has 1 amide bonds. The lowest BCUT2D eigenvalue weighted by atomic mass is 10.1. The number of fused-ring (bicyclic) bond motifs is 1. The quantitative estimate of drug-likeness (QED) is 0.307. The number of aliphatic carboxylic acids is 1. The highest BCUT2D eigenvalue weighted by Gasteiger charge is 2.18. The molecule has 2 N–H and O–H groups in total. The van der Waals surface area contributed by atoms with E-state index in [2.05, 4.69) is 15.3 Å². The van der Waals surface area contributed by atoms with Crippen molar-refractivity contribution in [2.24, 2.45) is 0 Å². The Kier molecular flexibility index (Phi) is 8.97. The average Bonchev–Trinajstić information content (AvgIpc) is 2.87. The summed E-state index contributed by atoms with van der Waals surface area (Å²) >= 11 is 6.28. The van der Waals surface area contributed by atoms with Gasteiger partial charge in [0.1, 0.15) is 16.8 Å². The van der Waals surface area contributed by atoms with Gasteiger partial charge in [0, 0.05) is 37.3 Å². The normalized spacial score (nSPS) is 10.4. The molecule has 0 saturated heterocycles. The lowest BCUT2D eigenvalue weighted by molar-refractivity contribution is -0.136. The van der Waals surface area contributed by atoms with Crippen molar-refractivity contribution >= 4 is 45.8 Å². The number of rotatable bonds is 7. The van der Waals surface area contributed by atoms with Gasteiger partial charge in [-0.3, -0.25) is 9.59 Å². The van der Waals surface area contributed by atoms with Crippen LogP contribution in [-0.4, -0.2) is 41.0 Å². The monoisotopic (exact) mass is 504 g/mol. The summed E-state index contributed by atoms with van der Waals surface area (Å²) in [6.45, 7) is 4.00. The van der Waals surface area contributed by atoms with Crippen molar-refractivity contribution in [1.82, 2.24) is 9.97 Å². The van der Waals surface area contributed by atoms with Gasteiger partial charge >= 0.3 is 5.97 Å². The molecular formula is C28H29ClN4O3. The van der Waals surface area contributed by atoms with Crippen LogP contribution in [0.4, 0.5) is 11.5 Å². The predicted octanol–water partition coefficient (Wildman–Crippen LogP) is 5.85. The number of aromatic nitrogens is 2. The molecule has 0 fully saturated rings. The second-order valence-electron chi connectivity index (χ2n) is 8.09. The summed E-state index contributed by atoms with van der Waals surface area (Å²) in [5, 5.41) is 14.3. The topological polar surface area (TPSA) is 95.4 Å². The predicted molar refractivity (Wildman–Crippen MR) is 145 cm³/mol. The van der Waals surface area contributed by atoms with Gasteiger partial charge in [0.2, 0.25) is 0 Å². The third kappa shape index (κ3) is 6.58. The van der Waals surface area contributed by atoms with Crippen molar-refractivity contribution in [3.63, 3.8) is 0 Å². The van der Waals surface area contributed by atoms with Crippen LogP contribution in [-0.2, 0) is 17.6 Å². The summed E-state index contributed by atoms with van der Waals surface area (Å²) in [4.78, 5) is 34.4. The molecule has 0 spiro atoms. The molecule has 0 bridgehead atoms. The number of anilines is 2. The first-order valence-corrected chi connectivity index (χ1v) is 12.0. The summed E-state index contributed by atoms with van der Waals surface area (Å²) in [6, 6.07) is 20.9. The zero-order chi connectivity index (χ0) is 26.2. The molecule has 0 aliphatic heterocycles. The zero-order valence-corrected chi connectivity index (χ0v) is 21.5. The highest BCUT2D eigenvalue weighted by Crippen LogP contribution is 2.25. The molecule has 0 atom stereocenters. The van der Waals surface area contributed by atoms with Crippen LogP contribution in [0.2, 0.25) is 5.15 Å². The van der Waals surface area contributed by atoms with Crippen molar-refractivity contribution in [3.05, 3.63) is 94.4 Å². The summed E-state index contributed by atoms with van der Waals surface area (Å²) in [5.41, 5.74) is 2.57. The maximum absolute atomic E-state index is 12.7. The molecule has 4 aromatic rings. The van der Waals surface area contributed by atoms with Crippen LogP contribution in [0, 0.1) is 0 Å². The van der Waals surface area contributed by atoms with Gasteiger partial charge < -0.3 is 15.3 Å². The van der Waals surface area contributed by atoms with Crippen molar-refractivity contribution in [1.29, 1.82) is 0 Å². The van der Waals surface area contributed by atoms with Gasteiger partial charge in [0.25, 0.3) is 5.91 Å². The molecule has 8 heteroatoms. The summed E-state index contributed by atoms with van der Waals surface area (Å²) < 4.78 is 0. The third-order valence-electron chi connectivity index (χ3n) is 5.32. The number of nitrogens with zero attached hydrogens (tertiary/aromatic N) is 3. The fraction of sp³-hybridized carbons (Fsp3) is 0.214. The van der Waals surface area contributed by atoms with E-state index in [1.54, 1.807) is 19.0 Å². The molecule has 0 aliphatic carbocycles. The zero-order valence-electron chi connectivity index (χ0n) is 20.7. The lowest BCUT2D eigenvalue weighted by Crippen LogP contribution is -2.18. The number of carbonyl (C=O) groups excluding carboxylic acids is 1. The largest absolute Gasteiger partial charge is 0.481 e. The Morgan fingerprint density at radius 2 is 1.61 bits per heavy atom. The highest BCUT2D eigenvalue weighted by atomic mass is 35.5. The van der Waals surface area contributed by atoms with Crippen LogP contribution in [0.15, 0.2) is 66.7 Å². The molecule has 0 aliphatic rings.